The van der Waals surface area contributed by atoms with E-state index in [4.69, 9.17) is 5.11 Å². The van der Waals surface area contributed by atoms with Crippen molar-refractivity contribution in [1.82, 2.24) is 4.90 Å². The molecule has 0 radical (unpaired) electrons. The minimum Gasteiger partial charge on any atom is -0.481 e. The number of hydrogen-bond donors (Lipinski definition) is 1. The lowest BCUT2D eigenvalue weighted by Crippen LogP contribution is -2.30. The Balaban J connectivity index is 0.00000151. The Labute approximate surface area is 153 Å². The molecule has 0 spiro atoms. The molecule has 2 rings (SSSR count). The van der Waals surface area contributed by atoms with Crippen molar-refractivity contribution in [2.24, 2.45) is 0 Å². The Kier molecular flexibility index (Phi) is 10.2. The van der Waals surface area contributed by atoms with Gasteiger partial charge in [-0.05, 0) is 43.9 Å². The largest absolute Gasteiger partial charge is 0.481 e. The zero-order valence-corrected chi connectivity index (χ0v) is 16.5. The number of aliphatic carboxylic acids is 1. The molecule has 3 nitrogen and oxygen atoms in total. The van der Waals surface area contributed by atoms with Crippen molar-refractivity contribution in [2.75, 3.05) is 19.6 Å². The van der Waals surface area contributed by atoms with Gasteiger partial charge in [0.2, 0.25) is 0 Å². The first-order chi connectivity index (χ1) is 12.1. The predicted molar refractivity (Wildman–Crippen MR) is 107 cm³/mol. The monoisotopic (exact) mass is 345 g/mol. The molecule has 1 N–H and O–H groups in total. The van der Waals surface area contributed by atoms with Gasteiger partial charge in [0.1, 0.15) is 0 Å². The number of carboxylic acids is 1. The van der Waals surface area contributed by atoms with E-state index in [9.17, 15) is 4.79 Å². The summed E-state index contributed by atoms with van der Waals surface area (Å²) in [4.78, 5) is 13.2. The first kappa shape index (κ1) is 21.4. The van der Waals surface area contributed by atoms with Gasteiger partial charge in [-0.15, -0.1) is 0 Å². The molecule has 0 aliphatic heterocycles. The number of fused-ring (bicyclic) bond motifs is 1. The predicted octanol–water partition coefficient (Wildman–Crippen LogP) is 5.32. The van der Waals surface area contributed by atoms with Crippen LogP contribution in [-0.2, 0) is 11.2 Å². The van der Waals surface area contributed by atoms with Crippen LogP contribution in [0.5, 0.6) is 0 Å². The Bertz CT molecular complexity index is 563. The lowest BCUT2D eigenvalue weighted by molar-refractivity contribution is -0.137. The molecule has 1 aliphatic rings. The molecule has 0 saturated carbocycles. The Morgan fingerprint density at radius 3 is 2.60 bits per heavy atom. The molecule has 0 fully saturated rings. The maximum atomic E-state index is 10.9. The molecule has 1 aromatic rings. The fourth-order valence-corrected chi connectivity index (χ4v) is 3.20. The number of benzene rings is 1. The molecule has 0 heterocycles. The molecule has 0 bridgehead atoms. The summed E-state index contributed by atoms with van der Waals surface area (Å²) < 4.78 is 0. The van der Waals surface area contributed by atoms with Gasteiger partial charge in [0.15, 0.2) is 0 Å². The SMILES string of the molecule is CC.CCCCCN(CCC(=O)O)CC1=Cc2ccc(C)cc2CC1. The average molecular weight is 346 g/mol. The zero-order valence-electron chi connectivity index (χ0n) is 16.5. The number of rotatable bonds is 9. The quantitative estimate of drug-likeness (QED) is 0.616. The first-order valence-corrected chi connectivity index (χ1v) is 9.81. The molecule has 0 aromatic heterocycles. The molecule has 0 unspecified atom stereocenters. The van der Waals surface area contributed by atoms with E-state index in [0.29, 0.717) is 6.54 Å². The van der Waals surface area contributed by atoms with E-state index in [-0.39, 0.29) is 6.42 Å². The smallest absolute Gasteiger partial charge is 0.304 e. The average Bonchev–Trinajstić information content (AvgIpc) is 2.61. The van der Waals surface area contributed by atoms with Gasteiger partial charge in [0.05, 0.1) is 6.42 Å². The van der Waals surface area contributed by atoms with Crippen molar-refractivity contribution >= 4 is 12.0 Å². The van der Waals surface area contributed by atoms with Crippen LogP contribution < -0.4 is 0 Å². The fraction of sp³-hybridized carbons (Fsp3) is 0.591. The number of carbonyl (C=O) groups is 1. The minimum atomic E-state index is -0.705. The minimum absolute atomic E-state index is 0.231. The molecule has 0 atom stereocenters. The highest BCUT2D eigenvalue weighted by atomic mass is 16.4. The number of carboxylic acid groups (broad SMARTS) is 1. The standard InChI is InChI=1S/C20H29NO2.C2H6/c1-3-4-5-11-21(12-10-20(22)23)15-17-7-9-18-13-16(2)6-8-19(18)14-17;1-2/h6,8,13-14H,3-5,7,9-12,15H2,1-2H3,(H,22,23);1-2H3. The summed E-state index contributed by atoms with van der Waals surface area (Å²) in [5.41, 5.74) is 5.53. The van der Waals surface area contributed by atoms with Gasteiger partial charge in [-0.3, -0.25) is 9.69 Å². The molecule has 1 aromatic carbocycles. The topological polar surface area (TPSA) is 40.5 Å². The maximum absolute atomic E-state index is 10.9. The Morgan fingerprint density at radius 2 is 1.92 bits per heavy atom. The molecule has 25 heavy (non-hydrogen) atoms. The summed E-state index contributed by atoms with van der Waals surface area (Å²) in [6, 6.07) is 6.66. The number of aryl methyl sites for hydroxylation is 2. The van der Waals surface area contributed by atoms with Crippen LogP contribution in [0.4, 0.5) is 0 Å². The van der Waals surface area contributed by atoms with Gasteiger partial charge in [-0.2, -0.15) is 0 Å². The molecule has 0 saturated heterocycles. The highest BCUT2D eigenvalue weighted by Crippen LogP contribution is 2.25. The summed E-state index contributed by atoms with van der Waals surface area (Å²) >= 11 is 0. The third-order valence-corrected chi connectivity index (χ3v) is 4.52. The van der Waals surface area contributed by atoms with E-state index >= 15 is 0 Å². The normalized spacial score (nSPS) is 12.9. The van der Waals surface area contributed by atoms with E-state index < -0.39 is 5.97 Å². The first-order valence-electron chi connectivity index (χ1n) is 9.81. The van der Waals surface area contributed by atoms with Crippen molar-refractivity contribution in [3.8, 4) is 0 Å². The highest BCUT2D eigenvalue weighted by molar-refractivity contribution is 5.67. The third-order valence-electron chi connectivity index (χ3n) is 4.52. The van der Waals surface area contributed by atoms with Gasteiger partial charge >= 0.3 is 5.97 Å². The second kappa shape index (κ2) is 11.9. The highest BCUT2D eigenvalue weighted by Gasteiger charge is 2.14. The van der Waals surface area contributed by atoms with Crippen LogP contribution in [0.2, 0.25) is 0 Å². The zero-order chi connectivity index (χ0) is 18.7. The van der Waals surface area contributed by atoms with Crippen molar-refractivity contribution in [1.29, 1.82) is 0 Å². The van der Waals surface area contributed by atoms with Gasteiger partial charge in [0.25, 0.3) is 0 Å². The fourth-order valence-electron chi connectivity index (χ4n) is 3.20. The van der Waals surface area contributed by atoms with Crippen LogP contribution >= 0.6 is 0 Å². The van der Waals surface area contributed by atoms with Gasteiger partial charge in [-0.1, -0.05) is 69.0 Å². The summed E-state index contributed by atoms with van der Waals surface area (Å²) in [6.07, 6.45) is 8.30. The third kappa shape index (κ3) is 7.87. The van der Waals surface area contributed by atoms with Crippen molar-refractivity contribution < 1.29 is 9.90 Å². The van der Waals surface area contributed by atoms with E-state index in [2.05, 4.69) is 43.0 Å². The molecule has 0 amide bonds. The van der Waals surface area contributed by atoms with E-state index in [1.807, 2.05) is 13.8 Å². The second-order valence-electron chi connectivity index (χ2n) is 6.63. The van der Waals surface area contributed by atoms with Crippen LogP contribution in [0.15, 0.2) is 23.8 Å². The van der Waals surface area contributed by atoms with Crippen LogP contribution in [0.25, 0.3) is 6.08 Å². The summed E-state index contributed by atoms with van der Waals surface area (Å²) in [5, 5.41) is 8.95. The number of nitrogens with zero attached hydrogens (tertiary/aromatic N) is 1. The van der Waals surface area contributed by atoms with Crippen LogP contribution in [-0.4, -0.2) is 35.6 Å². The maximum Gasteiger partial charge on any atom is 0.304 e. The molecule has 3 heteroatoms. The lowest BCUT2D eigenvalue weighted by Gasteiger charge is -2.25. The molecular weight excluding hydrogens is 310 g/mol. The summed E-state index contributed by atoms with van der Waals surface area (Å²) in [7, 11) is 0. The lowest BCUT2D eigenvalue weighted by atomic mass is 9.91. The Morgan fingerprint density at radius 1 is 1.16 bits per heavy atom. The molecular formula is C22H35NO2. The van der Waals surface area contributed by atoms with E-state index in [0.717, 1.165) is 32.4 Å². The van der Waals surface area contributed by atoms with Gasteiger partial charge in [-0.25, -0.2) is 0 Å². The molecule has 1 aliphatic carbocycles. The van der Waals surface area contributed by atoms with Crippen LogP contribution in [0.1, 0.15) is 69.6 Å². The van der Waals surface area contributed by atoms with Crippen LogP contribution in [0, 0.1) is 6.92 Å². The van der Waals surface area contributed by atoms with Gasteiger partial charge in [0, 0.05) is 13.1 Å². The summed E-state index contributed by atoms with van der Waals surface area (Å²) in [6.45, 7) is 10.9. The molecule has 140 valence electrons. The number of unbranched alkanes of at least 4 members (excludes halogenated alkanes) is 2. The summed E-state index contributed by atoms with van der Waals surface area (Å²) in [5.74, 6) is -0.705. The van der Waals surface area contributed by atoms with Crippen molar-refractivity contribution in [2.45, 2.75) is 66.2 Å². The Hall–Kier alpha value is -1.61. The van der Waals surface area contributed by atoms with Crippen molar-refractivity contribution in [3.63, 3.8) is 0 Å². The van der Waals surface area contributed by atoms with E-state index in [1.54, 1.807) is 0 Å². The number of hydrogen-bond acceptors (Lipinski definition) is 2. The second-order valence-corrected chi connectivity index (χ2v) is 6.63. The van der Waals surface area contributed by atoms with Crippen molar-refractivity contribution in [3.05, 3.63) is 40.5 Å². The van der Waals surface area contributed by atoms with E-state index in [1.165, 1.54) is 35.1 Å². The van der Waals surface area contributed by atoms with Crippen LogP contribution in [0.3, 0.4) is 0 Å². The van der Waals surface area contributed by atoms with Gasteiger partial charge < -0.3 is 5.11 Å².